The molecule has 0 saturated carbocycles. The molecule has 2 amide bonds. The third-order valence-corrected chi connectivity index (χ3v) is 6.14. The topological polar surface area (TPSA) is 67.9 Å². The highest BCUT2D eigenvalue weighted by Gasteiger charge is 2.26. The highest BCUT2D eigenvalue weighted by atomic mass is 35.5. The van der Waals surface area contributed by atoms with Gasteiger partial charge in [-0.25, -0.2) is 0 Å². The fourth-order valence-corrected chi connectivity index (χ4v) is 3.77. The number of nitrogens with zero attached hydrogens (tertiary/aromatic N) is 1. The van der Waals surface area contributed by atoms with Gasteiger partial charge in [0.2, 0.25) is 18.6 Å². The van der Waals surface area contributed by atoms with Gasteiger partial charge in [0.1, 0.15) is 6.04 Å². The molecule has 2 aromatic carbocycles. The van der Waals surface area contributed by atoms with Crippen LogP contribution < -0.4 is 14.8 Å². The summed E-state index contributed by atoms with van der Waals surface area (Å²) in [6.07, 6.45) is 2.66. The van der Waals surface area contributed by atoms with Gasteiger partial charge in [0.25, 0.3) is 0 Å². The second-order valence-corrected chi connectivity index (χ2v) is 8.59. The third-order valence-electron chi connectivity index (χ3n) is 5.40. The van der Waals surface area contributed by atoms with Gasteiger partial charge in [-0.2, -0.15) is 0 Å². The van der Waals surface area contributed by atoms with Crippen molar-refractivity contribution in [2.45, 2.75) is 52.1 Å². The van der Waals surface area contributed by atoms with E-state index in [0.29, 0.717) is 34.5 Å². The Hall–Kier alpha value is -2.44. The highest BCUT2D eigenvalue weighted by Crippen LogP contribution is 2.33. The largest absolute Gasteiger partial charge is 0.454 e. The van der Waals surface area contributed by atoms with E-state index in [0.717, 1.165) is 24.0 Å². The number of hydrogen-bond donors (Lipinski definition) is 1. The molecule has 32 heavy (non-hydrogen) atoms. The maximum Gasteiger partial charge on any atom is 0.242 e. The number of rotatable bonds is 10. The van der Waals surface area contributed by atoms with E-state index < -0.39 is 6.04 Å². The van der Waals surface area contributed by atoms with Gasteiger partial charge >= 0.3 is 0 Å². The van der Waals surface area contributed by atoms with Crippen LogP contribution in [0, 0.1) is 0 Å². The first-order chi connectivity index (χ1) is 15.4. The monoisotopic (exact) mass is 478 g/mol. The summed E-state index contributed by atoms with van der Waals surface area (Å²) in [4.78, 5) is 27.5. The van der Waals surface area contributed by atoms with Crippen molar-refractivity contribution < 1.29 is 19.1 Å². The molecule has 172 valence electrons. The van der Waals surface area contributed by atoms with E-state index >= 15 is 0 Å². The maximum atomic E-state index is 13.2. The summed E-state index contributed by atoms with van der Waals surface area (Å²) in [5.41, 5.74) is 1.78. The summed E-state index contributed by atoms with van der Waals surface area (Å²) in [5.74, 6) is 1.10. The maximum absolute atomic E-state index is 13.2. The molecule has 0 aromatic heterocycles. The Morgan fingerprint density at radius 3 is 2.56 bits per heavy atom. The lowest BCUT2D eigenvalue weighted by atomic mass is 10.1. The molecule has 3 rings (SSSR count). The lowest BCUT2D eigenvalue weighted by Crippen LogP contribution is -2.47. The summed E-state index contributed by atoms with van der Waals surface area (Å²) < 4.78 is 10.8. The van der Waals surface area contributed by atoms with Crippen molar-refractivity contribution in [1.29, 1.82) is 0 Å². The first kappa shape index (κ1) is 24.2. The summed E-state index contributed by atoms with van der Waals surface area (Å²) >= 11 is 12.2. The van der Waals surface area contributed by atoms with Gasteiger partial charge in [0.15, 0.2) is 11.5 Å². The molecule has 1 atom stereocenters. The Morgan fingerprint density at radius 2 is 1.81 bits per heavy atom. The number of nitrogens with one attached hydrogen (secondary N) is 1. The quantitative estimate of drug-likeness (QED) is 0.488. The number of amides is 2. The second kappa shape index (κ2) is 11.4. The average Bonchev–Trinajstić information content (AvgIpc) is 3.25. The van der Waals surface area contributed by atoms with Crippen molar-refractivity contribution in [2.24, 2.45) is 0 Å². The van der Waals surface area contributed by atoms with Crippen molar-refractivity contribution in [3.63, 3.8) is 0 Å². The Balaban J connectivity index is 1.71. The van der Waals surface area contributed by atoms with Crippen LogP contribution in [0.1, 0.15) is 44.2 Å². The number of carbonyl (C=O) groups is 2. The molecule has 1 N–H and O–H groups in total. The van der Waals surface area contributed by atoms with Crippen molar-refractivity contribution in [2.75, 3.05) is 13.3 Å². The Morgan fingerprint density at radius 1 is 1.06 bits per heavy atom. The number of unbranched alkanes of at least 4 members (excludes halogenated alkanes) is 1. The third kappa shape index (κ3) is 6.30. The van der Waals surface area contributed by atoms with Crippen molar-refractivity contribution in [3.8, 4) is 11.5 Å². The van der Waals surface area contributed by atoms with Crippen LogP contribution in [0.25, 0.3) is 0 Å². The lowest BCUT2D eigenvalue weighted by molar-refractivity contribution is -0.140. The zero-order valence-corrected chi connectivity index (χ0v) is 19.8. The normalized spacial score (nSPS) is 13.0. The number of benzene rings is 2. The zero-order valence-electron chi connectivity index (χ0n) is 18.3. The molecule has 0 radical (unpaired) electrons. The predicted octanol–water partition coefficient (Wildman–Crippen LogP) is 4.99. The molecular weight excluding hydrogens is 451 g/mol. The van der Waals surface area contributed by atoms with Crippen molar-refractivity contribution in [3.05, 3.63) is 57.6 Å². The fourth-order valence-electron chi connectivity index (χ4n) is 3.44. The zero-order chi connectivity index (χ0) is 23.1. The molecule has 0 saturated heterocycles. The van der Waals surface area contributed by atoms with Crippen LogP contribution in [0.2, 0.25) is 10.0 Å². The molecule has 1 aliphatic rings. The van der Waals surface area contributed by atoms with E-state index in [4.69, 9.17) is 32.7 Å². The summed E-state index contributed by atoms with van der Waals surface area (Å²) in [5, 5.41) is 3.78. The van der Waals surface area contributed by atoms with Crippen LogP contribution >= 0.6 is 23.2 Å². The van der Waals surface area contributed by atoms with E-state index in [1.807, 2.05) is 24.3 Å². The van der Waals surface area contributed by atoms with Crippen LogP contribution in [0.5, 0.6) is 11.5 Å². The van der Waals surface area contributed by atoms with Crippen molar-refractivity contribution >= 4 is 35.0 Å². The molecule has 0 fully saturated rings. The smallest absolute Gasteiger partial charge is 0.242 e. The number of aryl methyl sites for hydroxylation is 1. The first-order valence-corrected chi connectivity index (χ1v) is 11.5. The Kier molecular flexibility index (Phi) is 8.65. The van der Waals surface area contributed by atoms with Gasteiger partial charge in [-0.15, -0.1) is 0 Å². The first-order valence-electron chi connectivity index (χ1n) is 10.8. The number of hydrogen-bond acceptors (Lipinski definition) is 4. The SMILES string of the molecule is CCCCNC(=O)[C@@H](C)N(Cc1ccc(Cl)c(Cl)c1)C(=O)CCc1ccc2c(c1)OCO2. The molecule has 0 unspecified atom stereocenters. The van der Waals surface area contributed by atoms with Gasteiger partial charge < -0.3 is 19.7 Å². The minimum atomic E-state index is -0.620. The lowest BCUT2D eigenvalue weighted by Gasteiger charge is -2.29. The summed E-state index contributed by atoms with van der Waals surface area (Å²) in [6.45, 7) is 4.87. The number of ether oxygens (including phenoxy) is 2. The molecule has 2 aromatic rings. The van der Waals surface area contributed by atoms with Gasteiger partial charge in [0, 0.05) is 19.5 Å². The molecule has 0 aliphatic carbocycles. The number of fused-ring (bicyclic) bond motifs is 1. The van der Waals surface area contributed by atoms with E-state index in [1.54, 1.807) is 24.0 Å². The van der Waals surface area contributed by atoms with E-state index in [1.165, 1.54) is 0 Å². The Labute approximate surface area is 198 Å². The van der Waals surface area contributed by atoms with E-state index in [9.17, 15) is 9.59 Å². The second-order valence-electron chi connectivity index (χ2n) is 7.78. The predicted molar refractivity (Wildman–Crippen MR) is 125 cm³/mol. The van der Waals surface area contributed by atoms with Crippen LogP contribution in [-0.4, -0.2) is 36.1 Å². The summed E-state index contributed by atoms with van der Waals surface area (Å²) in [6, 6.07) is 10.3. The van der Waals surface area contributed by atoms with Crippen molar-refractivity contribution in [1.82, 2.24) is 10.2 Å². The van der Waals surface area contributed by atoms with Gasteiger partial charge in [-0.1, -0.05) is 48.7 Å². The average molecular weight is 479 g/mol. The molecule has 0 bridgehead atoms. The van der Waals surface area contributed by atoms with Crippen LogP contribution in [-0.2, 0) is 22.6 Å². The fraction of sp³-hybridized carbons (Fsp3) is 0.417. The minimum absolute atomic E-state index is 0.119. The van der Waals surface area contributed by atoms with Crippen LogP contribution in [0.4, 0.5) is 0 Å². The summed E-state index contributed by atoms with van der Waals surface area (Å²) in [7, 11) is 0. The van der Waals surface area contributed by atoms with E-state index in [-0.39, 0.29) is 31.6 Å². The molecule has 1 heterocycles. The van der Waals surface area contributed by atoms with Gasteiger partial charge in [-0.05, 0) is 55.2 Å². The minimum Gasteiger partial charge on any atom is -0.454 e. The van der Waals surface area contributed by atoms with Crippen LogP contribution in [0.3, 0.4) is 0 Å². The number of halogens is 2. The van der Waals surface area contributed by atoms with E-state index in [2.05, 4.69) is 12.2 Å². The van der Waals surface area contributed by atoms with Gasteiger partial charge in [0.05, 0.1) is 10.0 Å². The Bertz CT molecular complexity index is 967. The highest BCUT2D eigenvalue weighted by molar-refractivity contribution is 6.42. The van der Waals surface area contributed by atoms with Crippen LogP contribution in [0.15, 0.2) is 36.4 Å². The van der Waals surface area contributed by atoms with Gasteiger partial charge in [-0.3, -0.25) is 9.59 Å². The molecule has 0 spiro atoms. The number of carbonyl (C=O) groups excluding carboxylic acids is 2. The standard InChI is InChI=1S/C24H28Cl2N2O4/c1-3-4-11-27-24(30)16(2)28(14-18-5-8-19(25)20(26)12-18)23(29)10-7-17-6-9-21-22(13-17)32-15-31-21/h5-6,8-9,12-13,16H,3-4,7,10-11,14-15H2,1-2H3,(H,27,30)/t16-/m1/s1. The molecule has 8 heteroatoms. The molecule has 6 nitrogen and oxygen atoms in total. The molecule has 1 aliphatic heterocycles. The molecular formula is C24H28Cl2N2O4.